The summed E-state index contributed by atoms with van der Waals surface area (Å²) in [6.45, 7) is 6.12. The zero-order valence-electron chi connectivity index (χ0n) is 12.7. The second-order valence-corrected chi connectivity index (χ2v) is 6.70. The van der Waals surface area contributed by atoms with E-state index in [4.69, 9.17) is 0 Å². The van der Waals surface area contributed by atoms with Crippen molar-refractivity contribution in [3.63, 3.8) is 0 Å². The van der Waals surface area contributed by atoms with E-state index in [1.807, 2.05) is 0 Å². The van der Waals surface area contributed by atoms with Gasteiger partial charge in [0.25, 0.3) is 0 Å². The van der Waals surface area contributed by atoms with Gasteiger partial charge in [-0.2, -0.15) is 0 Å². The molecular formula is C18H28N2. The Morgan fingerprint density at radius 3 is 2.45 bits per heavy atom. The van der Waals surface area contributed by atoms with Crippen molar-refractivity contribution in [1.82, 2.24) is 10.2 Å². The third-order valence-corrected chi connectivity index (χ3v) is 4.92. The first-order chi connectivity index (χ1) is 9.81. The Morgan fingerprint density at radius 2 is 1.80 bits per heavy atom. The number of piperidine rings is 1. The van der Waals surface area contributed by atoms with Crippen molar-refractivity contribution in [1.29, 1.82) is 0 Å². The van der Waals surface area contributed by atoms with Crippen LogP contribution in [-0.2, 0) is 6.42 Å². The lowest BCUT2D eigenvalue weighted by Crippen LogP contribution is -2.45. The van der Waals surface area contributed by atoms with E-state index in [1.54, 1.807) is 0 Å². The summed E-state index contributed by atoms with van der Waals surface area (Å²) >= 11 is 0. The smallest absolute Gasteiger partial charge is 0.0192 e. The predicted octanol–water partition coefficient (Wildman–Crippen LogP) is 3.08. The van der Waals surface area contributed by atoms with Crippen LogP contribution in [0.5, 0.6) is 0 Å². The van der Waals surface area contributed by atoms with Crippen LogP contribution in [0.2, 0.25) is 0 Å². The molecule has 0 bridgehead atoms. The Balaban J connectivity index is 1.39. The highest BCUT2D eigenvalue weighted by Crippen LogP contribution is 2.23. The van der Waals surface area contributed by atoms with Crippen LogP contribution in [-0.4, -0.2) is 36.6 Å². The molecule has 3 rings (SSSR count). The molecule has 1 atom stereocenters. The molecule has 1 aromatic carbocycles. The number of benzene rings is 1. The van der Waals surface area contributed by atoms with Gasteiger partial charge < -0.3 is 5.32 Å². The Labute approximate surface area is 123 Å². The molecule has 1 aliphatic heterocycles. The van der Waals surface area contributed by atoms with Crippen molar-refractivity contribution < 1.29 is 0 Å². The molecule has 1 aromatic rings. The largest absolute Gasteiger partial charge is 0.312 e. The average molecular weight is 272 g/mol. The van der Waals surface area contributed by atoms with Gasteiger partial charge in [-0.3, -0.25) is 4.90 Å². The molecule has 0 aromatic heterocycles. The number of nitrogens with one attached hydrogen (secondary N) is 1. The molecule has 1 saturated heterocycles. The van der Waals surface area contributed by atoms with Crippen LogP contribution in [0.1, 0.15) is 38.2 Å². The quantitative estimate of drug-likeness (QED) is 0.856. The Kier molecular flexibility index (Phi) is 4.74. The standard InChI is InChI=1S/C18H28N2/c1-15(14-19-18-7-8-18)20-11-9-17(10-12-20)13-16-5-3-2-4-6-16/h2-6,15,17-19H,7-14H2,1H3. The molecule has 1 heterocycles. The zero-order chi connectivity index (χ0) is 13.8. The molecule has 1 unspecified atom stereocenters. The summed E-state index contributed by atoms with van der Waals surface area (Å²) in [7, 11) is 0. The average Bonchev–Trinajstić information content (AvgIpc) is 3.31. The van der Waals surface area contributed by atoms with E-state index in [-0.39, 0.29) is 0 Å². The molecule has 2 heteroatoms. The van der Waals surface area contributed by atoms with Gasteiger partial charge in [-0.15, -0.1) is 0 Å². The van der Waals surface area contributed by atoms with Gasteiger partial charge in [-0.05, 0) is 63.6 Å². The van der Waals surface area contributed by atoms with Crippen LogP contribution < -0.4 is 5.32 Å². The first-order valence-corrected chi connectivity index (χ1v) is 8.32. The molecule has 110 valence electrons. The minimum atomic E-state index is 0.702. The molecule has 1 saturated carbocycles. The van der Waals surface area contributed by atoms with Gasteiger partial charge in [0, 0.05) is 18.6 Å². The minimum absolute atomic E-state index is 0.702. The normalized spacial score (nSPS) is 22.9. The lowest BCUT2D eigenvalue weighted by atomic mass is 9.89. The SMILES string of the molecule is CC(CNC1CC1)N1CCC(Cc2ccccc2)CC1. The third kappa shape index (κ3) is 4.07. The Bertz CT molecular complexity index is 391. The van der Waals surface area contributed by atoms with Gasteiger partial charge in [0.05, 0.1) is 0 Å². The third-order valence-electron chi connectivity index (χ3n) is 4.92. The van der Waals surface area contributed by atoms with E-state index in [9.17, 15) is 0 Å². The molecule has 20 heavy (non-hydrogen) atoms. The van der Waals surface area contributed by atoms with Gasteiger partial charge in [0.2, 0.25) is 0 Å². The van der Waals surface area contributed by atoms with Crippen molar-refractivity contribution in [2.45, 2.75) is 51.1 Å². The van der Waals surface area contributed by atoms with E-state index < -0.39 is 0 Å². The van der Waals surface area contributed by atoms with E-state index >= 15 is 0 Å². The predicted molar refractivity (Wildman–Crippen MR) is 84.9 cm³/mol. The van der Waals surface area contributed by atoms with Crippen molar-refractivity contribution in [2.75, 3.05) is 19.6 Å². The summed E-state index contributed by atoms with van der Waals surface area (Å²) in [5.74, 6) is 0.886. The lowest BCUT2D eigenvalue weighted by Gasteiger charge is -2.36. The molecule has 2 nitrogen and oxygen atoms in total. The molecule has 0 spiro atoms. The molecule has 2 fully saturated rings. The molecule has 0 radical (unpaired) electrons. The number of rotatable bonds is 6. The monoisotopic (exact) mass is 272 g/mol. The highest BCUT2D eigenvalue weighted by atomic mass is 15.2. The minimum Gasteiger partial charge on any atom is -0.312 e. The summed E-state index contributed by atoms with van der Waals surface area (Å²) in [6, 6.07) is 12.5. The van der Waals surface area contributed by atoms with Crippen LogP contribution in [0.4, 0.5) is 0 Å². The number of hydrogen-bond donors (Lipinski definition) is 1. The maximum Gasteiger partial charge on any atom is 0.0192 e. The van der Waals surface area contributed by atoms with Crippen molar-refractivity contribution >= 4 is 0 Å². The summed E-state index contributed by atoms with van der Waals surface area (Å²) in [5, 5.41) is 3.66. The Hall–Kier alpha value is -0.860. The molecule has 0 amide bonds. The molecule has 2 aliphatic rings. The van der Waals surface area contributed by atoms with E-state index in [0.717, 1.165) is 12.0 Å². The van der Waals surface area contributed by atoms with Gasteiger partial charge in [-0.25, -0.2) is 0 Å². The number of hydrogen-bond acceptors (Lipinski definition) is 2. The van der Waals surface area contributed by atoms with Crippen LogP contribution in [0, 0.1) is 5.92 Å². The molecule has 1 N–H and O–H groups in total. The Morgan fingerprint density at radius 1 is 1.10 bits per heavy atom. The topological polar surface area (TPSA) is 15.3 Å². The summed E-state index contributed by atoms with van der Waals surface area (Å²) in [5.41, 5.74) is 1.51. The second kappa shape index (κ2) is 6.73. The van der Waals surface area contributed by atoms with E-state index in [2.05, 4.69) is 47.5 Å². The zero-order valence-corrected chi connectivity index (χ0v) is 12.7. The van der Waals surface area contributed by atoms with Gasteiger partial charge in [-0.1, -0.05) is 30.3 Å². The molecule has 1 aliphatic carbocycles. The molecular weight excluding hydrogens is 244 g/mol. The fraction of sp³-hybridized carbons (Fsp3) is 0.667. The van der Waals surface area contributed by atoms with Crippen molar-refractivity contribution in [3.05, 3.63) is 35.9 Å². The van der Waals surface area contributed by atoms with Crippen LogP contribution in [0.25, 0.3) is 0 Å². The highest BCUT2D eigenvalue weighted by Gasteiger charge is 2.25. The fourth-order valence-corrected chi connectivity index (χ4v) is 3.30. The lowest BCUT2D eigenvalue weighted by molar-refractivity contribution is 0.138. The first kappa shape index (κ1) is 14.1. The van der Waals surface area contributed by atoms with Crippen LogP contribution in [0.3, 0.4) is 0 Å². The highest BCUT2D eigenvalue weighted by molar-refractivity contribution is 5.15. The second-order valence-electron chi connectivity index (χ2n) is 6.70. The fourth-order valence-electron chi connectivity index (χ4n) is 3.30. The van der Waals surface area contributed by atoms with Crippen molar-refractivity contribution in [3.8, 4) is 0 Å². The maximum atomic E-state index is 3.66. The number of nitrogens with zero attached hydrogens (tertiary/aromatic N) is 1. The maximum absolute atomic E-state index is 3.66. The van der Waals surface area contributed by atoms with Gasteiger partial charge in [0.15, 0.2) is 0 Å². The number of likely N-dealkylation sites (tertiary alicyclic amines) is 1. The van der Waals surface area contributed by atoms with Crippen molar-refractivity contribution in [2.24, 2.45) is 5.92 Å². The summed E-state index contributed by atoms with van der Waals surface area (Å²) in [6.07, 6.45) is 6.78. The van der Waals surface area contributed by atoms with E-state index in [1.165, 1.54) is 57.3 Å². The first-order valence-electron chi connectivity index (χ1n) is 8.32. The van der Waals surface area contributed by atoms with Gasteiger partial charge in [0.1, 0.15) is 0 Å². The van der Waals surface area contributed by atoms with Crippen LogP contribution in [0.15, 0.2) is 30.3 Å². The van der Waals surface area contributed by atoms with Gasteiger partial charge >= 0.3 is 0 Å². The summed E-state index contributed by atoms with van der Waals surface area (Å²) < 4.78 is 0. The summed E-state index contributed by atoms with van der Waals surface area (Å²) in [4.78, 5) is 2.68. The van der Waals surface area contributed by atoms with Crippen LogP contribution >= 0.6 is 0 Å². The van der Waals surface area contributed by atoms with E-state index in [0.29, 0.717) is 6.04 Å².